The molecule has 1 aromatic heterocycles. The van der Waals surface area contributed by atoms with Gasteiger partial charge in [0.15, 0.2) is 0 Å². The van der Waals surface area contributed by atoms with Crippen molar-refractivity contribution in [2.75, 3.05) is 0 Å². The topological polar surface area (TPSA) is 43.1 Å². The summed E-state index contributed by atoms with van der Waals surface area (Å²) in [6.45, 7) is 0. The van der Waals surface area contributed by atoms with Gasteiger partial charge in [-0.25, -0.2) is 0 Å². The molecule has 0 saturated carbocycles. The van der Waals surface area contributed by atoms with Gasteiger partial charge in [-0.3, -0.25) is 10.1 Å². The van der Waals surface area contributed by atoms with E-state index in [4.69, 9.17) is 0 Å². The molecule has 0 saturated heterocycles. The van der Waals surface area contributed by atoms with Crippen molar-refractivity contribution in [3.8, 4) is 0 Å². The first-order valence-corrected chi connectivity index (χ1v) is 6.07. The minimum absolute atomic E-state index is 0.157. The van der Waals surface area contributed by atoms with E-state index >= 15 is 0 Å². The fraction of sp³-hybridized carbons (Fsp3) is 0. The molecule has 0 spiro atoms. The van der Waals surface area contributed by atoms with Gasteiger partial charge in [-0.15, -0.1) is 11.3 Å². The molecule has 0 radical (unpaired) electrons. The Labute approximate surface area is 100 Å². The van der Waals surface area contributed by atoms with E-state index in [9.17, 15) is 10.1 Å². The Bertz CT molecular complexity index is 523. The summed E-state index contributed by atoms with van der Waals surface area (Å²) in [5.74, 6) is 0. The van der Waals surface area contributed by atoms with Crippen LogP contribution >= 0.6 is 43.2 Å². The summed E-state index contributed by atoms with van der Waals surface area (Å²) in [6, 6.07) is 3.68. The maximum Gasteiger partial charge on any atom is 0.288 e. The van der Waals surface area contributed by atoms with Crippen molar-refractivity contribution in [3.05, 3.63) is 36.6 Å². The summed E-state index contributed by atoms with van der Waals surface area (Å²) >= 11 is 8.02. The van der Waals surface area contributed by atoms with Gasteiger partial charge in [-0.2, -0.15) is 0 Å². The van der Waals surface area contributed by atoms with Crippen LogP contribution in [-0.2, 0) is 0 Å². The average Bonchev–Trinajstić information content (AvgIpc) is 2.47. The standard InChI is InChI=1S/C8H3Br2NO2S/c9-4-1-5(10)8-6(11(12)13)3-14-7(8)2-4/h1-3H. The predicted octanol–water partition coefficient (Wildman–Crippen LogP) is 4.33. The highest BCUT2D eigenvalue weighted by Gasteiger charge is 2.17. The van der Waals surface area contributed by atoms with Gasteiger partial charge in [0.05, 0.1) is 15.7 Å². The average molecular weight is 337 g/mol. The van der Waals surface area contributed by atoms with Gasteiger partial charge in [0.25, 0.3) is 5.69 Å². The predicted molar refractivity (Wildman–Crippen MR) is 63.9 cm³/mol. The number of nitro groups is 1. The van der Waals surface area contributed by atoms with E-state index in [1.165, 1.54) is 11.3 Å². The van der Waals surface area contributed by atoms with Gasteiger partial charge >= 0.3 is 0 Å². The van der Waals surface area contributed by atoms with E-state index in [0.29, 0.717) is 5.39 Å². The van der Waals surface area contributed by atoms with Crippen LogP contribution in [0.4, 0.5) is 5.69 Å². The molecule has 2 rings (SSSR count). The van der Waals surface area contributed by atoms with Crippen molar-refractivity contribution in [2.24, 2.45) is 0 Å². The lowest BCUT2D eigenvalue weighted by molar-refractivity contribution is -0.382. The first-order valence-electron chi connectivity index (χ1n) is 3.60. The van der Waals surface area contributed by atoms with Crippen molar-refractivity contribution in [1.82, 2.24) is 0 Å². The zero-order chi connectivity index (χ0) is 10.3. The van der Waals surface area contributed by atoms with Gasteiger partial charge in [0, 0.05) is 13.6 Å². The lowest BCUT2D eigenvalue weighted by Gasteiger charge is -1.95. The van der Waals surface area contributed by atoms with E-state index < -0.39 is 0 Å². The highest BCUT2D eigenvalue weighted by molar-refractivity contribution is 9.11. The molecule has 2 aromatic rings. The van der Waals surface area contributed by atoms with Crippen LogP contribution in [0.15, 0.2) is 26.5 Å². The Balaban J connectivity index is 2.85. The van der Waals surface area contributed by atoms with Crippen LogP contribution in [-0.4, -0.2) is 4.92 Å². The highest BCUT2D eigenvalue weighted by atomic mass is 79.9. The normalized spacial score (nSPS) is 10.7. The summed E-state index contributed by atoms with van der Waals surface area (Å²) in [7, 11) is 0. The molecular weight excluding hydrogens is 334 g/mol. The number of hydrogen-bond acceptors (Lipinski definition) is 3. The maximum absolute atomic E-state index is 10.7. The smallest absolute Gasteiger partial charge is 0.258 e. The number of fused-ring (bicyclic) bond motifs is 1. The van der Waals surface area contributed by atoms with Crippen molar-refractivity contribution in [3.63, 3.8) is 0 Å². The third-order valence-electron chi connectivity index (χ3n) is 1.77. The second-order valence-corrected chi connectivity index (χ2v) is 5.32. The molecule has 14 heavy (non-hydrogen) atoms. The minimum Gasteiger partial charge on any atom is -0.258 e. The molecule has 0 N–H and O–H groups in total. The van der Waals surface area contributed by atoms with Gasteiger partial charge in [-0.1, -0.05) is 15.9 Å². The van der Waals surface area contributed by atoms with Crippen molar-refractivity contribution >= 4 is 59.0 Å². The van der Waals surface area contributed by atoms with Crippen LogP contribution in [0.3, 0.4) is 0 Å². The molecule has 72 valence electrons. The van der Waals surface area contributed by atoms with Crippen LogP contribution < -0.4 is 0 Å². The zero-order valence-corrected chi connectivity index (χ0v) is 10.6. The number of nitrogens with zero attached hydrogens (tertiary/aromatic N) is 1. The zero-order valence-electron chi connectivity index (χ0n) is 6.66. The largest absolute Gasteiger partial charge is 0.288 e. The minimum atomic E-state index is -0.364. The fourth-order valence-corrected chi connectivity index (χ4v) is 3.89. The first kappa shape index (κ1) is 10.1. The second kappa shape index (κ2) is 3.60. The molecular formula is C8H3Br2NO2S. The van der Waals surface area contributed by atoms with Gasteiger partial charge in [0.2, 0.25) is 0 Å². The summed E-state index contributed by atoms with van der Waals surface area (Å²) in [5.41, 5.74) is 0.157. The molecule has 0 atom stereocenters. The van der Waals surface area contributed by atoms with E-state index in [0.717, 1.165) is 13.6 Å². The lowest BCUT2D eigenvalue weighted by Crippen LogP contribution is -1.85. The van der Waals surface area contributed by atoms with Crippen LogP contribution in [0.2, 0.25) is 0 Å². The van der Waals surface area contributed by atoms with E-state index in [2.05, 4.69) is 31.9 Å². The molecule has 0 amide bonds. The second-order valence-electron chi connectivity index (χ2n) is 2.64. The van der Waals surface area contributed by atoms with E-state index in [1.807, 2.05) is 12.1 Å². The number of rotatable bonds is 1. The lowest BCUT2D eigenvalue weighted by atomic mass is 10.2. The van der Waals surface area contributed by atoms with Crippen LogP contribution in [0, 0.1) is 10.1 Å². The molecule has 0 aliphatic carbocycles. The Morgan fingerprint density at radius 1 is 1.36 bits per heavy atom. The number of benzene rings is 1. The molecule has 3 nitrogen and oxygen atoms in total. The number of hydrogen-bond donors (Lipinski definition) is 0. The third-order valence-corrected chi connectivity index (χ3v) is 3.77. The number of thiophene rings is 1. The Morgan fingerprint density at radius 3 is 2.71 bits per heavy atom. The third kappa shape index (κ3) is 1.57. The molecule has 0 aliphatic rings. The molecule has 1 heterocycles. The van der Waals surface area contributed by atoms with Crippen LogP contribution in [0.1, 0.15) is 0 Å². The SMILES string of the molecule is O=[N+]([O-])c1csc2cc(Br)cc(Br)c12. The highest BCUT2D eigenvalue weighted by Crippen LogP contribution is 2.39. The summed E-state index contributed by atoms with van der Waals surface area (Å²) in [6.07, 6.45) is 0. The molecule has 6 heteroatoms. The molecule has 1 aromatic carbocycles. The monoisotopic (exact) mass is 335 g/mol. The Kier molecular flexibility index (Phi) is 2.59. The van der Waals surface area contributed by atoms with Crippen molar-refractivity contribution in [2.45, 2.75) is 0 Å². The van der Waals surface area contributed by atoms with Gasteiger partial charge in [0.1, 0.15) is 0 Å². The fourth-order valence-electron chi connectivity index (χ4n) is 1.20. The first-order chi connectivity index (χ1) is 6.59. The van der Waals surface area contributed by atoms with Gasteiger partial charge in [-0.05, 0) is 28.1 Å². The Hall–Kier alpha value is -0.460. The summed E-state index contributed by atoms with van der Waals surface area (Å²) in [4.78, 5) is 10.3. The van der Waals surface area contributed by atoms with Crippen LogP contribution in [0.25, 0.3) is 10.1 Å². The molecule has 0 bridgehead atoms. The van der Waals surface area contributed by atoms with Gasteiger partial charge < -0.3 is 0 Å². The van der Waals surface area contributed by atoms with Crippen molar-refractivity contribution in [1.29, 1.82) is 0 Å². The van der Waals surface area contributed by atoms with E-state index in [-0.39, 0.29) is 10.6 Å². The molecule has 0 fully saturated rings. The van der Waals surface area contributed by atoms with Crippen molar-refractivity contribution < 1.29 is 4.92 Å². The summed E-state index contributed by atoms with van der Waals surface area (Å²) < 4.78 is 2.56. The molecule has 0 unspecified atom stereocenters. The summed E-state index contributed by atoms with van der Waals surface area (Å²) in [5, 5.41) is 12.9. The number of halogens is 2. The van der Waals surface area contributed by atoms with Crippen LogP contribution in [0.5, 0.6) is 0 Å². The maximum atomic E-state index is 10.7. The Morgan fingerprint density at radius 2 is 2.07 bits per heavy atom. The van der Waals surface area contributed by atoms with E-state index in [1.54, 1.807) is 5.38 Å². The molecule has 0 aliphatic heterocycles. The quantitative estimate of drug-likeness (QED) is 0.574.